The average Bonchev–Trinajstić information content (AvgIpc) is 3.00. The van der Waals surface area contributed by atoms with Crippen LogP contribution in [0, 0.1) is 11.3 Å². The van der Waals surface area contributed by atoms with Crippen LogP contribution in [0.4, 0.5) is 4.79 Å². The predicted octanol–water partition coefficient (Wildman–Crippen LogP) is 3.80. The van der Waals surface area contributed by atoms with Gasteiger partial charge < -0.3 is 14.7 Å². The Hall–Kier alpha value is -2.84. The molecule has 2 aliphatic heterocycles. The third-order valence-electron chi connectivity index (χ3n) is 5.88. The number of rotatable bonds is 4. The van der Waals surface area contributed by atoms with Gasteiger partial charge in [0, 0.05) is 18.5 Å². The Bertz CT molecular complexity index is 859. The highest BCUT2D eigenvalue weighted by molar-refractivity contribution is 5.69. The van der Waals surface area contributed by atoms with Crippen molar-refractivity contribution >= 4 is 6.09 Å². The zero-order valence-electron chi connectivity index (χ0n) is 15.8. The van der Waals surface area contributed by atoms with Gasteiger partial charge in [0.1, 0.15) is 6.61 Å². The highest BCUT2D eigenvalue weighted by atomic mass is 16.6. The number of piperidine rings is 1. The van der Waals surface area contributed by atoms with Crippen LogP contribution in [0.2, 0.25) is 0 Å². The maximum Gasteiger partial charge on any atom is 0.410 e. The van der Waals surface area contributed by atoms with Gasteiger partial charge in [-0.25, -0.2) is 4.79 Å². The molecule has 4 rings (SSSR count). The van der Waals surface area contributed by atoms with Crippen LogP contribution in [-0.4, -0.2) is 33.8 Å². The number of nitrogens with zero attached hydrogens (tertiary/aromatic N) is 2. The molecule has 5 nitrogen and oxygen atoms in total. The van der Waals surface area contributed by atoms with E-state index in [1.54, 1.807) is 12.1 Å². The number of nitriles is 1. The van der Waals surface area contributed by atoms with Gasteiger partial charge in [0.05, 0.1) is 17.2 Å². The molecule has 0 spiro atoms. The topological polar surface area (TPSA) is 73.6 Å². The molecule has 2 heterocycles. The van der Waals surface area contributed by atoms with Crippen molar-refractivity contribution < 1.29 is 14.6 Å². The maximum absolute atomic E-state index is 12.7. The minimum Gasteiger partial charge on any atom is -0.445 e. The van der Waals surface area contributed by atoms with Crippen LogP contribution in [0.25, 0.3) is 0 Å². The molecule has 144 valence electrons. The van der Waals surface area contributed by atoms with Gasteiger partial charge in [0.2, 0.25) is 0 Å². The zero-order chi connectivity index (χ0) is 19.6. The molecule has 2 aliphatic rings. The van der Waals surface area contributed by atoms with Crippen molar-refractivity contribution in [3.05, 3.63) is 71.3 Å². The third-order valence-corrected chi connectivity index (χ3v) is 5.88. The molecule has 0 radical (unpaired) electrons. The van der Waals surface area contributed by atoms with Gasteiger partial charge in [-0.3, -0.25) is 0 Å². The first-order valence-corrected chi connectivity index (χ1v) is 9.77. The molecule has 2 fully saturated rings. The first-order valence-electron chi connectivity index (χ1n) is 9.77. The number of carbonyl (C=O) groups excluding carboxylic acids is 1. The summed E-state index contributed by atoms with van der Waals surface area (Å²) in [4.78, 5) is 14.5. The molecule has 0 aromatic heterocycles. The number of carbonyl (C=O) groups is 1. The van der Waals surface area contributed by atoms with Crippen LogP contribution < -0.4 is 0 Å². The normalized spacial score (nSPS) is 25.9. The molecule has 2 aromatic carbocycles. The van der Waals surface area contributed by atoms with Crippen molar-refractivity contribution in [1.82, 2.24) is 4.90 Å². The fourth-order valence-electron chi connectivity index (χ4n) is 4.64. The molecule has 2 unspecified atom stereocenters. The van der Waals surface area contributed by atoms with Gasteiger partial charge in [0.15, 0.2) is 0 Å². The van der Waals surface area contributed by atoms with Gasteiger partial charge in [-0.15, -0.1) is 0 Å². The second-order valence-electron chi connectivity index (χ2n) is 7.95. The molecule has 2 atom stereocenters. The lowest BCUT2D eigenvalue weighted by atomic mass is 9.81. The summed E-state index contributed by atoms with van der Waals surface area (Å²) in [5, 5.41) is 20.1. The summed E-state index contributed by atoms with van der Waals surface area (Å²) >= 11 is 0. The molecule has 1 N–H and O–H groups in total. The van der Waals surface area contributed by atoms with Crippen molar-refractivity contribution in [2.75, 3.05) is 0 Å². The summed E-state index contributed by atoms with van der Waals surface area (Å²) < 4.78 is 5.54. The number of fused-ring (bicyclic) bond motifs is 2. The minimum atomic E-state index is -0.823. The number of hydrogen-bond donors (Lipinski definition) is 1. The maximum atomic E-state index is 12.7. The second kappa shape index (κ2) is 7.65. The van der Waals surface area contributed by atoms with E-state index < -0.39 is 5.60 Å². The number of hydrogen-bond acceptors (Lipinski definition) is 4. The van der Waals surface area contributed by atoms with E-state index in [0.717, 1.165) is 24.0 Å². The largest absolute Gasteiger partial charge is 0.445 e. The van der Waals surface area contributed by atoms with Crippen LogP contribution in [-0.2, 0) is 17.8 Å². The third kappa shape index (κ3) is 3.88. The standard InChI is InChI=1S/C23H24N2O3/c24-15-18-8-6-17(7-9-18)12-23(27)13-20-10-11-21(14-23)25(20)22(26)28-16-19-4-2-1-3-5-19/h1-9,20-21,27H,10-14,16H2. The summed E-state index contributed by atoms with van der Waals surface area (Å²) in [5.41, 5.74) is 1.78. The van der Waals surface area contributed by atoms with E-state index in [4.69, 9.17) is 10.00 Å². The smallest absolute Gasteiger partial charge is 0.410 e. The Balaban J connectivity index is 1.39. The summed E-state index contributed by atoms with van der Waals surface area (Å²) in [7, 11) is 0. The number of ether oxygens (including phenoxy) is 1. The van der Waals surface area contributed by atoms with E-state index in [2.05, 4.69) is 6.07 Å². The Labute approximate surface area is 165 Å². The molecular formula is C23H24N2O3. The monoisotopic (exact) mass is 376 g/mol. The molecule has 0 saturated carbocycles. The Morgan fingerprint density at radius 3 is 2.32 bits per heavy atom. The first-order chi connectivity index (χ1) is 13.6. The van der Waals surface area contributed by atoms with Crippen molar-refractivity contribution in [1.29, 1.82) is 5.26 Å². The van der Waals surface area contributed by atoms with Crippen LogP contribution in [0.15, 0.2) is 54.6 Å². The number of amides is 1. The Morgan fingerprint density at radius 1 is 1.07 bits per heavy atom. The molecular weight excluding hydrogens is 352 g/mol. The molecule has 0 aliphatic carbocycles. The molecule has 1 amide bonds. The van der Waals surface area contributed by atoms with E-state index in [1.165, 1.54) is 0 Å². The summed E-state index contributed by atoms with van der Waals surface area (Å²) in [6.45, 7) is 0.269. The fourth-order valence-corrected chi connectivity index (χ4v) is 4.64. The Morgan fingerprint density at radius 2 is 1.71 bits per heavy atom. The van der Waals surface area contributed by atoms with Crippen LogP contribution >= 0.6 is 0 Å². The van der Waals surface area contributed by atoms with Crippen LogP contribution in [0.5, 0.6) is 0 Å². The van der Waals surface area contributed by atoms with E-state index in [1.807, 2.05) is 47.4 Å². The molecule has 28 heavy (non-hydrogen) atoms. The Kier molecular flexibility index (Phi) is 5.06. The summed E-state index contributed by atoms with van der Waals surface area (Å²) in [5.74, 6) is 0. The van der Waals surface area contributed by atoms with Gasteiger partial charge >= 0.3 is 6.09 Å². The second-order valence-corrected chi connectivity index (χ2v) is 7.95. The van der Waals surface area contributed by atoms with E-state index in [0.29, 0.717) is 24.8 Å². The highest BCUT2D eigenvalue weighted by Gasteiger charge is 2.49. The number of benzene rings is 2. The first kappa shape index (κ1) is 18.5. The molecule has 2 bridgehead atoms. The lowest BCUT2D eigenvalue weighted by Crippen LogP contribution is -2.54. The quantitative estimate of drug-likeness (QED) is 0.881. The van der Waals surface area contributed by atoms with Crippen molar-refractivity contribution in [2.45, 2.75) is 56.4 Å². The van der Waals surface area contributed by atoms with Crippen LogP contribution in [0.3, 0.4) is 0 Å². The lowest BCUT2D eigenvalue weighted by Gasteiger charge is -2.43. The van der Waals surface area contributed by atoms with Crippen molar-refractivity contribution in [3.8, 4) is 6.07 Å². The predicted molar refractivity (Wildman–Crippen MR) is 104 cm³/mol. The fraction of sp³-hybridized carbons (Fsp3) is 0.391. The van der Waals surface area contributed by atoms with Gasteiger partial charge in [-0.05, 0) is 48.9 Å². The van der Waals surface area contributed by atoms with E-state index >= 15 is 0 Å². The summed E-state index contributed by atoms with van der Waals surface area (Å²) in [6, 6.07) is 19.2. The highest BCUT2D eigenvalue weighted by Crippen LogP contribution is 2.42. The van der Waals surface area contributed by atoms with E-state index in [9.17, 15) is 9.90 Å². The summed E-state index contributed by atoms with van der Waals surface area (Å²) in [6.07, 6.45) is 3.19. The lowest BCUT2D eigenvalue weighted by molar-refractivity contribution is -0.0485. The van der Waals surface area contributed by atoms with Crippen molar-refractivity contribution in [3.63, 3.8) is 0 Å². The van der Waals surface area contributed by atoms with E-state index in [-0.39, 0.29) is 24.8 Å². The van der Waals surface area contributed by atoms with Gasteiger partial charge in [-0.2, -0.15) is 5.26 Å². The zero-order valence-corrected chi connectivity index (χ0v) is 15.8. The van der Waals surface area contributed by atoms with Crippen molar-refractivity contribution in [2.24, 2.45) is 0 Å². The average molecular weight is 376 g/mol. The van der Waals surface area contributed by atoms with Crippen LogP contribution in [0.1, 0.15) is 42.4 Å². The molecule has 2 aromatic rings. The SMILES string of the molecule is N#Cc1ccc(CC2(O)CC3CCC(C2)N3C(=O)OCc2ccccc2)cc1. The molecule has 2 saturated heterocycles. The minimum absolute atomic E-state index is 0.0189. The van der Waals surface area contributed by atoms with Gasteiger partial charge in [-0.1, -0.05) is 42.5 Å². The number of aliphatic hydroxyl groups is 1. The molecule has 5 heteroatoms. The van der Waals surface area contributed by atoms with Gasteiger partial charge in [0.25, 0.3) is 0 Å².